The predicted octanol–water partition coefficient (Wildman–Crippen LogP) is 5.70. The number of amides is 3. The van der Waals surface area contributed by atoms with E-state index in [1.165, 1.54) is 12.1 Å². The van der Waals surface area contributed by atoms with Crippen LogP contribution >= 0.6 is 11.8 Å². The minimum absolute atomic E-state index is 0.0704. The Morgan fingerprint density at radius 1 is 1.06 bits per heavy atom. The molecule has 3 aromatic rings. The molecular weight excluding hydrogens is 467 g/mol. The quantitative estimate of drug-likeness (QED) is 0.430. The van der Waals surface area contributed by atoms with Gasteiger partial charge in [-0.3, -0.25) is 19.3 Å². The highest BCUT2D eigenvalue weighted by Gasteiger charge is 2.35. The number of ether oxygens (including phenoxy) is 1. The Kier molecular flexibility index (Phi) is 7.31. The lowest BCUT2D eigenvalue weighted by atomic mass is 10.1. The number of rotatable bonds is 7. The minimum Gasteiger partial charge on any atom is -0.484 e. The lowest BCUT2D eigenvalue weighted by Gasteiger charge is -2.12. The van der Waals surface area contributed by atoms with Crippen LogP contribution in [0.15, 0.2) is 71.6 Å². The smallest absolute Gasteiger partial charge is 0.293 e. The molecule has 178 valence electrons. The van der Waals surface area contributed by atoms with Gasteiger partial charge in [0.05, 0.1) is 11.4 Å². The molecule has 0 atom stereocenters. The zero-order valence-electron chi connectivity index (χ0n) is 19.2. The maximum absolute atomic E-state index is 13.1. The number of nitrogens with one attached hydrogen (secondary N) is 1. The Bertz CT molecular complexity index is 1320. The number of benzene rings is 3. The molecule has 3 amide bonds. The number of hydrogen-bond donors (Lipinski definition) is 1. The van der Waals surface area contributed by atoms with E-state index in [0.29, 0.717) is 16.9 Å². The lowest BCUT2D eigenvalue weighted by molar-refractivity contribution is -0.123. The molecule has 35 heavy (non-hydrogen) atoms. The molecule has 0 aliphatic carbocycles. The van der Waals surface area contributed by atoms with Gasteiger partial charge in [-0.15, -0.1) is 0 Å². The number of thioether (sulfide) groups is 1. The van der Waals surface area contributed by atoms with Gasteiger partial charge in [0.1, 0.15) is 11.6 Å². The zero-order chi connectivity index (χ0) is 24.9. The molecule has 0 radical (unpaired) electrons. The number of nitrogens with zero attached hydrogens (tertiary/aromatic N) is 1. The fourth-order valence-corrected chi connectivity index (χ4v) is 4.38. The Labute approximate surface area is 206 Å². The first-order chi connectivity index (χ1) is 16.8. The van der Waals surface area contributed by atoms with E-state index < -0.39 is 5.91 Å². The molecule has 0 saturated carbocycles. The maximum atomic E-state index is 13.1. The summed E-state index contributed by atoms with van der Waals surface area (Å²) in [7, 11) is 0. The van der Waals surface area contributed by atoms with Crippen LogP contribution in [0.3, 0.4) is 0 Å². The summed E-state index contributed by atoms with van der Waals surface area (Å²) >= 11 is 0.846. The van der Waals surface area contributed by atoms with E-state index in [0.717, 1.165) is 33.5 Å². The number of anilines is 1. The van der Waals surface area contributed by atoms with E-state index in [1.54, 1.807) is 42.5 Å². The molecule has 0 bridgehead atoms. The third-order valence-electron chi connectivity index (χ3n) is 5.31. The Morgan fingerprint density at radius 2 is 1.83 bits per heavy atom. The summed E-state index contributed by atoms with van der Waals surface area (Å²) in [6, 6.07) is 18.3. The van der Waals surface area contributed by atoms with E-state index in [9.17, 15) is 18.8 Å². The summed E-state index contributed by atoms with van der Waals surface area (Å²) in [6.07, 6.45) is 1.61. The van der Waals surface area contributed by atoms with Crippen LogP contribution in [0.2, 0.25) is 0 Å². The predicted molar refractivity (Wildman–Crippen MR) is 134 cm³/mol. The Balaban J connectivity index is 1.38. The monoisotopic (exact) mass is 490 g/mol. The first kappa shape index (κ1) is 24.2. The van der Waals surface area contributed by atoms with Crippen molar-refractivity contribution in [2.24, 2.45) is 0 Å². The summed E-state index contributed by atoms with van der Waals surface area (Å²) in [4.78, 5) is 38.9. The van der Waals surface area contributed by atoms with Gasteiger partial charge in [0.15, 0.2) is 6.61 Å². The van der Waals surface area contributed by atoms with Gasteiger partial charge in [-0.2, -0.15) is 0 Å². The third kappa shape index (κ3) is 6.16. The van der Waals surface area contributed by atoms with Crippen LogP contribution in [-0.2, 0) is 16.1 Å². The molecule has 1 fully saturated rings. The van der Waals surface area contributed by atoms with Gasteiger partial charge in [0, 0.05) is 5.69 Å². The van der Waals surface area contributed by atoms with Crippen molar-refractivity contribution in [2.75, 3.05) is 11.9 Å². The second kappa shape index (κ2) is 10.6. The molecule has 0 unspecified atom stereocenters. The molecule has 0 aromatic heterocycles. The number of halogens is 1. The molecule has 4 rings (SSSR count). The van der Waals surface area contributed by atoms with Crippen LogP contribution in [0.4, 0.5) is 14.9 Å². The summed E-state index contributed by atoms with van der Waals surface area (Å²) in [5.74, 6) is -0.625. The molecule has 1 aliphatic rings. The van der Waals surface area contributed by atoms with Crippen LogP contribution in [-0.4, -0.2) is 28.6 Å². The first-order valence-corrected chi connectivity index (χ1v) is 11.7. The number of imide groups is 1. The van der Waals surface area contributed by atoms with E-state index in [-0.39, 0.29) is 35.0 Å². The van der Waals surface area contributed by atoms with Crippen molar-refractivity contribution in [2.45, 2.75) is 20.4 Å². The summed E-state index contributed by atoms with van der Waals surface area (Å²) in [5, 5.41) is 2.44. The van der Waals surface area contributed by atoms with Crippen LogP contribution in [0, 0.1) is 19.7 Å². The van der Waals surface area contributed by atoms with Gasteiger partial charge in [-0.05, 0) is 78.7 Å². The van der Waals surface area contributed by atoms with E-state index >= 15 is 0 Å². The molecule has 1 heterocycles. The van der Waals surface area contributed by atoms with Crippen molar-refractivity contribution in [3.63, 3.8) is 0 Å². The first-order valence-electron chi connectivity index (χ1n) is 10.9. The second-order valence-corrected chi connectivity index (χ2v) is 9.12. The Morgan fingerprint density at radius 3 is 2.57 bits per heavy atom. The number of carbonyl (C=O) groups is 3. The van der Waals surface area contributed by atoms with Crippen molar-refractivity contribution in [3.05, 3.63) is 99.7 Å². The molecule has 3 aromatic carbocycles. The van der Waals surface area contributed by atoms with Crippen LogP contribution in [0.1, 0.15) is 22.3 Å². The molecule has 6 nitrogen and oxygen atoms in total. The average Bonchev–Trinajstić information content (AvgIpc) is 3.08. The van der Waals surface area contributed by atoms with Crippen LogP contribution < -0.4 is 10.1 Å². The van der Waals surface area contributed by atoms with Crippen molar-refractivity contribution in [3.8, 4) is 5.75 Å². The standard InChI is InChI=1S/C27H23FN2O4S/c1-17-6-11-23(18(2)12-17)29-25(31)16-34-22-5-3-4-20(13-22)14-24-26(32)30(27(33)35-24)15-19-7-9-21(28)10-8-19/h3-14H,15-16H2,1-2H3,(H,29,31)/b24-14-. The number of carbonyl (C=O) groups excluding carboxylic acids is 3. The van der Waals surface area contributed by atoms with E-state index in [2.05, 4.69) is 5.32 Å². The lowest BCUT2D eigenvalue weighted by Crippen LogP contribution is -2.27. The van der Waals surface area contributed by atoms with Crippen molar-refractivity contribution < 1.29 is 23.5 Å². The normalized spacial score (nSPS) is 14.5. The SMILES string of the molecule is Cc1ccc(NC(=O)COc2cccc(/C=C3\SC(=O)N(Cc4ccc(F)cc4)C3=O)c2)c(C)c1. The number of aryl methyl sites for hydroxylation is 2. The maximum Gasteiger partial charge on any atom is 0.293 e. The van der Waals surface area contributed by atoms with E-state index in [1.807, 2.05) is 32.0 Å². The fraction of sp³-hybridized carbons (Fsp3) is 0.148. The van der Waals surface area contributed by atoms with Crippen molar-refractivity contribution >= 4 is 40.6 Å². The van der Waals surface area contributed by atoms with Crippen LogP contribution in [0.5, 0.6) is 5.75 Å². The van der Waals surface area contributed by atoms with Crippen molar-refractivity contribution in [1.29, 1.82) is 0 Å². The molecule has 1 aliphatic heterocycles. The highest BCUT2D eigenvalue weighted by molar-refractivity contribution is 8.18. The van der Waals surface area contributed by atoms with Crippen LogP contribution in [0.25, 0.3) is 6.08 Å². The molecule has 1 N–H and O–H groups in total. The van der Waals surface area contributed by atoms with Gasteiger partial charge >= 0.3 is 0 Å². The fourth-order valence-electron chi connectivity index (χ4n) is 3.54. The van der Waals surface area contributed by atoms with Gasteiger partial charge in [-0.25, -0.2) is 4.39 Å². The molecule has 0 spiro atoms. The van der Waals surface area contributed by atoms with Gasteiger partial charge < -0.3 is 10.1 Å². The topological polar surface area (TPSA) is 75.7 Å². The Hall–Kier alpha value is -3.91. The third-order valence-corrected chi connectivity index (χ3v) is 6.22. The molecule has 1 saturated heterocycles. The van der Waals surface area contributed by atoms with Crippen molar-refractivity contribution in [1.82, 2.24) is 4.90 Å². The average molecular weight is 491 g/mol. The van der Waals surface area contributed by atoms with E-state index in [4.69, 9.17) is 4.74 Å². The second-order valence-electron chi connectivity index (χ2n) is 8.12. The number of hydrogen-bond acceptors (Lipinski definition) is 5. The summed E-state index contributed by atoms with van der Waals surface area (Å²) < 4.78 is 18.7. The molecular formula is C27H23FN2O4S. The van der Waals surface area contributed by atoms with Gasteiger partial charge in [-0.1, -0.05) is 42.0 Å². The van der Waals surface area contributed by atoms with Gasteiger partial charge in [0.2, 0.25) is 0 Å². The van der Waals surface area contributed by atoms with Gasteiger partial charge in [0.25, 0.3) is 17.1 Å². The largest absolute Gasteiger partial charge is 0.484 e. The molecule has 8 heteroatoms. The zero-order valence-corrected chi connectivity index (χ0v) is 20.0. The highest BCUT2D eigenvalue weighted by Crippen LogP contribution is 2.33. The highest BCUT2D eigenvalue weighted by atomic mass is 32.2. The summed E-state index contributed by atoms with van der Waals surface area (Å²) in [5.41, 5.74) is 4.12. The summed E-state index contributed by atoms with van der Waals surface area (Å²) in [6.45, 7) is 3.81. The minimum atomic E-state index is -0.413.